The monoisotopic (exact) mass is 296 g/mol. The summed E-state index contributed by atoms with van der Waals surface area (Å²) in [5.74, 6) is 1.01. The van der Waals surface area contributed by atoms with E-state index in [0.29, 0.717) is 0 Å². The van der Waals surface area contributed by atoms with E-state index in [1.165, 1.54) is 0 Å². The van der Waals surface area contributed by atoms with E-state index in [4.69, 9.17) is 5.10 Å². The van der Waals surface area contributed by atoms with Gasteiger partial charge in [-0.3, -0.25) is 0 Å². The van der Waals surface area contributed by atoms with Crippen LogP contribution in [-0.4, -0.2) is 23.9 Å². The fourth-order valence-corrected chi connectivity index (χ4v) is 2.42. The molecule has 4 nitrogen and oxygen atoms in total. The molecule has 0 unspecified atom stereocenters. The zero-order valence-electron chi connectivity index (χ0n) is 13.7. The van der Waals surface area contributed by atoms with Crippen LogP contribution in [-0.2, 0) is 0 Å². The first-order valence-electron chi connectivity index (χ1n) is 7.60. The van der Waals surface area contributed by atoms with Crippen molar-refractivity contribution >= 4 is 11.4 Å². The Kier molecular flexibility index (Phi) is 5.42. The number of allylic oxidation sites excluding steroid dienone is 3. The van der Waals surface area contributed by atoms with Gasteiger partial charge in [0.25, 0.3) is 0 Å². The van der Waals surface area contributed by atoms with Gasteiger partial charge in [0.15, 0.2) is 0 Å². The molecule has 0 spiro atoms. The maximum absolute atomic E-state index is 4.82. The van der Waals surface area contributed by atoms with Gasteiger partial charge in [-0.2, -0.15) is 5.10 Å². The van der Waals surface area contributed by atoms with Crippen LogP contribution in [0.25, 0.3) is 11.3 Å². The summed E-state index contributed by atoms with van der Waals surface area (Å²) < 4.78 is 1.95. The Hall–Kier alpha value is -2.49. The third-order valence-electron chi connectivity index (χ3n) is 3.47. The molecular formula is C18H24N4. The standard InChI is InChI=1S/C18H24N4/c1-5-6-10-15(13-19-3)17-14(2)18(20-4)22(21-17)16-11-8-7-9-12-16/h6-13,19-20H,5H2,1-4H3/b10-6+,15-13+. The number of para-hydroxylation sites is 1. The third kappa shape index (κ3) is 3.22. The lowest BCUT2D eigenvalue weighted by atomic mass is 10.1. The second kappa shape index (κ2) is 7.50. The molecule has 2 aromatic rings. The zero-order chi connectivity index (χ0) is 15.9. The lowest BCUT2D eigenvalue weighted by Gasteiger charge is -2.06. The molecule has 22 heavy (non-hydrogen) atoms. The van der Waals surface area contributed by atoms with Crippen LogP contribution in [0.3, 0.4) is 0 Å². The molecule has 1 aromatic carbocycles. The molecule has 1 heterocycles. The molecule has 0 atom stereocenters. The summed E-state index contributed by atoms with van der Waals surface area (Å²) >= 11 is 0. The van der Waals surface area contributed by atoms with Gasteiger partial charge in [-0.25, -0.2) is 4.68 Å². The van der Waals surface area contributed by atoms with E-state index >= 15 is 0 Å². The van der Waals surface area contributed by atoms with Crippen LogP contribution in [0.15, 0.2) is 48.7 Å². The van der Waals surface area contributed by atoms with Gasteiger partial charge < -0.3 is 10.6 Å². The SMILES string of the molecule is CC/C=C/C(=C\NC)c1nn(-c2ccccc2)c(NC)c1C. The van der Waals surface area contributed by atoms with Gasteiger partial charge in [-0.15, -0.1) is 0 Å². The molecule has 0 bridgehead atoms. The van der Waals surface area contributed by atoms with Crippen molar-refractivity contribution in [1.29, 1.82) is 0 Å². The highest BCUT2D eigenvalue weighted by Gasteiger charge is 2.16. The molecule has 0 aliphatic carbocycles. The first-order chi connectivity index (χ1) is 10.7. The fraction of sp³-hybridized carbons (Fsp3) is 0.278. The molecule has 0 aliphatic heterocycles. The number of anilines is 1. The summed E-state index contributed by atoms with van der Waals surface area (Å²) in [6.07, 6.45) is 7.23. The van der Waals surface area contributed by atoms with E-state index in [0.717, 1.165) is 34.8 Å². The molecule has 116 valence electrons. The molecular weight excluding hydrogens is 272 g/mol. The number of nitrogens with one attached hydrogen (secondary N) is 2. The molecule has 2 rings (SSSR count). The van der Waals surface area contributed by atoms with Crippen LogP contribution in [0, 0.1) is 6.92 Å². The summed E-state index contributed by atoms with van der Waals surface area (Å²) in [7, 11) is 3.83. The number of benzene rings is 1. The average molecular weight is 296 g/mol. The zero-order valence-corrected chi connectivity index (χ0v) is 13.7. The summed E-state index contributed by atoms with van der Waals surface area (Å²) in [5, 5.41) is 11.2. The highest BCUT2D eigenvalue weighted by atomic mass is 15.3. The molecule has 0 saturated carbocycles. The van der Waals surface area contributed by atoms with Crippen LogP contribution < -0.4 is 10.6 Å². The minimum atomic E-state index is 0.979. The van der Waals surface area contributed by atoms with Crippen molar-refractivity contribution in [2.24, 2.45) is 0 Å². The first kappa shape index (κ1) is 15.9. The van der Waals surface area contributed by atoms with Crippen LogP contribution in [0.1, 0.15) is 24.6 Å². The Bertz CT molecular complexity index is 666. The Morgan fingerprint density at radius 1 is 1.23 bits per heavy atom. The topological polar surface area (TPSA) is 41.9 Å². The quantitative estimate of drug-likeness (QED) is 0.798. The van der Waals surface area contributed by atoms with Gasteiger partial charge in [-0.1, -0.05) is 37.3 Å². The van der Waals surface area contributed by atoms with E-state index in [-0.39, 0.29) is 0 Å². The predicted molar refractivity (Wildman–Crippen MR) is 94.3 cm³/mol. The molecule has 2 N–H and O–H groups in total. The summed E-state index contributed by atoms with van der Waals surface area (Å²) in [4.78, 5) is 0. The molecule has 0 fully saturated rings. The van der Waals surface area contributed by atoms with Crippen LogP contribution in [0.4, 0.5) is 5.82 Å². The summed E-state index contributed by atoms with van der Waals surface area (Å²) in [6.45, 7) is 4.22. The van der Waals surface area contributed by atoms with Gasteiger partial charge in [0, 0.05) is 31.4 Å². The Morgan fingerprint density at radius 3 is 2.55 bits per heavy atom. The summed E-state index contributed by atoms with van der Waals surface area (Å²) in [6, 6.07) is 10.2. The maximum atomic E-state index is 4.82. The van der Waals surface area contributed by atoms with Crippen molar-refractivity contribution in [3.8, 4) is 5.69 Å². The molecule has 0 radical (unpaired) electrons. The minimum Gasteiger partial charge on any atom is -0.393 e. The van der Waals surface area contributed by atoms with Crippen molar-refractivity contribution in [2.75, 3.05) is 19.4 Å². The Morgan fingerprint density at radius 2 is 1.95 bits per heavy atom. The largest absolute Gasteiger partial charge is 0.393 e. The molecule has 0 saturated heterocycles. The molecule has 0 aliphatic rings. The third-order valence-corrected chi connectivity index (χ3v) is 3.47. The first-order valence-corrected chi connectivity index (χ1v) is 7.60. The van der Waals surface area contributed by atoms with Gasteiger partial charge in [0.1, 0.15) is 5.82 Å². The lowest BCUT2D eigenvalue weighted by Crippen LogP contribution is -2.02. The molecule has 4 heteroatoms. The minimum absolute atomic E-state index is 0.979. The van der Waals surface area contributed by atoms with E-state index in [1.54, 1.807) is 0 Å². The van der Waals surface area contributed by atoms with Crippen LogP contribution in [0.2, 0.25) is 0 Å². The van der Waals surface area contributed by atoms with Crippen LogP contribution >= 0.6 is 0 Å². The van der Waals surface area contributed by atoms with Crippen molar-refractivity contribution in [3.63, 3.8) is 0 Å². The highest BCUT2D eigenvalue weighted by molar-refractivity contribution is 5.76. The fourth-order valence-electron chi connectivity index (χ4n) is 2.42. The number of aromatic nitrogens is 2. The summed E-state index contributed by atoms with van der Waals surface area (Å²) in [5.41, 5.74) is 4.23. The van der Waals surface area contributed by atoms with Crippen molar-refractivity contribution < 1.29 is 0 Å². The van der Waals surface area contributed by atoms with Gasteiger partial charge in [-0.05, 0) is 25.5 Å². The lowest BCUT2D eigenvalue weighted by molar-refractivity contribution is 0.878. The number of nitrogens with zero attached hydrogens (tertiary/aromatic N) is 2. The van der Waals surface area contributed by atoms with Crippen molar-refractivity contribution in [3.05, 3.63) is 59.9 Å². The van der Waals surface area contributed by atoms with Gasteiger partial charge in [0.05, 0.1) is 11.4 Å². The molecule has 1 aromatic heterocycles. The average Bonchev–Trinajstić information content (AvgIpc) is 2.89. The number of hydrogen-bond donors (Lipinski definition) is 2. The van der Waals surface area contributed by atoms with Gasteiger partial charge >= 0.3 is 0 Å². The smallest absolute Gasteiger partial charge is 0.133 e. The molecule has 0 amide bonds. The predicted octanol–water partition coefficient (Wildman–Crippen LogP) is 3.75. The van der Waals surface area contributed by atoms with Crippen molar-refractivity contribution in [2.45, 2.75) is 20.3 Å². The second-order valence-electron chi connectivity index (χ2n) is 5.02. The van der Waals surface area contributed by atoms with E-state index in [1.807, 2.05) is 43.2 Å². The van der Waals surface area contributed by atoms with Gasteiger partial charge in [0.2, 0.25) is 0 Å². The van der Waals surface area contributed by atoms with Crippen molar-refractivity contribution in [1.82, 2.24) is 15.1 Å². The Labute approximate surface area is 132 Å². The van der Waals surface area contributed by atoms with Crippen LogP contribution in [0.5, 0.6) is 0 Å². The number of hydrogen-bond acceptors (Lipinski definition) is 3. The Balaban J connectivity index is 2.56. The van der Waals surface area contributed by atoms with E-state index in [9.17, 15) is 0 Å². The maximum Gasteiger partial charge on any atom is 0.133 e. The second-order valence-corrected chi connectivity index (χ2v) is 5.02. The highest BCUT2D eigenvalue weighted by Crippen LogP contribution is 2.27. The van der Waals surface area contributed by atoms with E-state index < -0.39 is 0 Å². The van der Waals surface area contributed by atoms with E-state index in [2.05, 4.69) is 48.8 Å². The number of rotatable bonds is 6. The normalized spacial score (nSPS) is 11.9.